The van der Waals surface area contributed by atoms with Gasteiger partial charge in [-0.2, -0.15) is 0 Å². The van der Waals surface area contributed by atoms with E-state index in [1.165, 1.54) is 7.11 Å². The average Bonchev–Trinajstić information content (AvgIpc) is 2.86. The molecule has 2 aliphatic rings. The van der Waals surface area contributed by atoms with Crippen LogP contribution in [0.3, 0.4) is 0 Å². The van der Waals surface area contributed by atoms with Crippen molar-refractivity contribution in [3.05, 3.63) is 12.7 Å². The SMILES string of the molecule is C=C[C@]1(C(=O)OC)[C@@H]2OCCC[C@@H]21. The zero-order valence-corrected chi connectivity index (χ0v) is 7.79. The van der Waals surface area contributed by atoms with Gasteiger partial charge in [0.1, 0.15) is 5.41 Å². The lowest BCUT2D eigenvalue weighted by atomic mass is 10.0. The normalized spacial score (nSPS) is 41.9. The lowest BCUT2D eigenvalue weighted by Gasteiger charge is -2.08. The molecule has 2 rings (SSSR count). The van der Waals surface area contributed by atoms with E-state index in [-0.39, 0.29) is 12.1 Å². The van der Waals surface area contributed by atoms with Crippen LogP contribution in [0.4, 0.5) is 0 Å². The quantitative estimate of drug-likeness (QED) is 0.474. The van der Waals surface area contributed by atoms with Gasteiger partial charge in [0.15, 0.2) is 0 Å². The van der Waals surface area contributed by atoms with Crippen molar-refractivity contribution in [2.75, 3.05) is 13.7 Å². The molecular formula is C10H14O3. The van der Waals surface area contributed by atoms with Crippen LogP contribution in [0.25, 0.3) is 0 Å². The Morgan fingerprint density at radius 1 is 1.77 bits per heavy atom. The zero-order valence-electron chi connectivity index (χ0n) is 7.79. The van der Waals surface area contributed by atoms with Gasteiger partial charge in [-0.3, -0.25) is 4.79 Å². The fraction of sp³-hybridized carbons (Fsp3) is 0.700. The molecule has 0 spiro atoms. The van der Waals surface area contributed by atoms with Gasteiger partial charge in [0, 0.05) is 12.5 Å². The molecule has 0 N–H and O–H groups in total. The second kappa shape index (κ2) is 2.84. The molecule has 0 aromatic carbocycles. The highest BCUT2D eigenvalue weighted by molar-refractivity contribution is 5.84. The third kappa shape index (κ3) is 0.967. The number of methoxy groups -OCH3 is 1. The maximum absolute atomic E-state index is 11.5. The summed E-state index contributed by atoms with van der Waals surface area (Å²) in [6, 6.07) is 0. The first-order valence-electron chi connectivity index (χ1n) is 4.61. The van der Waals surface area contributed by atoms with E-state index < -0.39 is 5.41 Å². The van der Waals surface area contributed by atoms with Crippen LogP contribution in [0, 0.1) is 11.3 Å². The zero-order chi connectivity index (χ0) is 9.47. The standard InChI is InChI=1S/C10H14O3/c1-3-10(9(11)12-2)7-5-4-6-13-8(7)10/h3,7-8H,1,4-6H2,2H3/t7-,8+,10+/m0/s1. The Balaban J connectivity index is 2.19. The molecule has 0 amide bonds. The summed E-state index contributed by atoms with van der Waals surface area (Å²) in [5, 5.41) is 0. The van der Waals surface area contributed by atoms with Gasteiger partial charge >= 0.3 is 5.97 Å². The van der Waals surface area contributed by atoms with Crippen LogP contribution in [0.2, 0.25) is 0 Å². The predicted octanol–water partition coefficient (Wildman–Crippen LogP) is 1.14. The Labute approximate surface area is 77.7 Å². The van der Waals surface area contributed by atoms with Crippen LogP contribution in [0.15, 0.2) is 12.7 Å². The number of hydrogen-bond acceptors (Lipinski definition) is 3. The summed E-state index contributed by atoms with van der Waals surface area (Å²) in [6.07, 6.45) is 3.81. The Morgan fingerprint density at radius 3 is 3.00 bits per heavy atom. The molecule has 0 aromatic heterocycles. The van der Waals surface area contributed by atoms with Crippen LogP contribution in [0.1, 0.15) is 12.8 Å². The minimum Gasteiger partial charge on any atom is -0.468 e. The Morgan fingerprint density at radius 2 is 2.54 bits per heavy atom. The molecule has 1 aliphatic carbocycles. The third-order valence-corrected chi connectivity index (χ3v) is 3.17. The topological polar surface area (TPSA) is 35.5 Å². The lowest BCUT2D eigenvalue weighted by molar-refractivity contribution is -0.146. The van der Waals surface area contributed by atoms with Crippen molar-refractivity contribution < 1.29 is 14.3 Å². The molecule has 2 fully saturated rings. The minimum absolute atomic E-state index is 0.0335. The van der Waals surface area contributed by atoms with Gasteiger partial charge in [-0.05, 0) is 12.8 Å². The summed E-state index contributed by atoms with van der Waals surface area (Å²) in [6.45, 7) is 4.46. The summed E-state index contributed by atoms with van der Waals surface area (Å²) in [4.78, 5) is 11.5. The first-order chi connectivity index (χ1) is 6.27. The molecule has 0 unspecified atom stereocenters. The van der Waals surface area contributed by atoms with E-state index in [1.54, 1.807) is 6.08 Å². The van der Waals surface area contributed by atoms with Crippen molar-refractivity contribution in [3.63, 3.8) is 0 Å². The van der Waals surface area contributed by atoms with Gasteiger partial charge in [-0.25, -0.2) is 0 Å². The molecule has 3 nitrogen and oxygen atoms in total. The van der Waals surface area contributed by atoms with Crippen molar-refractivity contribution in [1.29, 1.82) is 0 Å². The first kappa shape index (κ1) is 8.75. The number of rotatable bonds is 2. The molecular weight excluding hydrogens is 168 g/mol. The van der Waals surface area contributed by atoms with E-state index in [0.29, 0.717) is 5.92 Å². The van der Waals surface area contributed by atoms with Crippen LogP contribution in [-0.4, -0.2) is 25.8 Å². The summed E-state index contributed by atoms with van der Waals surface area (Å²) in [5.74, 6) is 0.116. The predicted molar refractivity (Wildman–Crippen MR) is 47.1 cm³/mol. The Bertz CT molecular complexity index is 235. The maximum atomic E-state index is 11.5. The fourth-order valence-corrected chi connectivity index (χ4v) is 2.40. The van der Waals surface area contributed by atoms with Gasteiger partial charge in [-0.1, -0.05) is 6.08 Å². The summed E-state index contributed by atoms with van der Waals surface area (Å²) in [7, 11) is 1.41. The molecule has 0 bridgehead atoms. The maximum Gasteiger partial charge on any atom is 0.318 e. The van der Waals surface area contributed by atoms with Crippen molar-refractivity contribution in [2.24, 2.45) is 11.3 Å². The lowest BCUT2D eigenvalue weighted by Crippen LogP contribution is -2.20. The molecule has 0 radical (unpaired) electrons. The van der Waals surface area contributed by atoms with Gasteiger partial charge < -0.3 is 9.47 Å². The highest BCUT2D eigenvalue weighted by atomic mass is 16.5. The van der Waals surface area contributed by atoms with Crippen molar-refractivity contribution in [1.82, 2.24) is 0 Å². The molecule has 1 heterocycles. The van der Waals surface area contributed by atoms with E-state index in [4.69, 9.17) is 9.47 Å². The van der Waals surface area contributed by atoms with Crippen LogP contribution in [0.5, 0.6) is 0 Å². The van der Waals surface area contributed by atoms with Crippen molar-refractivity contribution >= 4 is 5.97 Å². The van der Waals surface area contributed by atoms with Crippen LogP contribution < -0.4 is 0 Å². The van der Waals surface area contributed by atoms with Gasteiger partial charge in [0.05, 0.1) is 13.2 Å². The van der Waals surface area contributed by atoms with Gasteiger partial charge in [0.25, 0.3) is 0 Å². The number of fused-ring (bicyclic) bond motifs is 1. The molecule has 1 aliphatic heterocycles. The second-order valence-corrected chi connectivity index (χ2v) is 3.67. The number of ether oxygens (including phenoxy) is 2. The van der Waals surface area contributed by atoms with Gasteiger partial charge in [0.2, 0.25) is 0 Å². The van der Waals surface area contributed by atoms with E-state index in [2.05, 4.69) is 6.58 Å². The van der Waals surface area contributed by atoms with Crippen molar-refractivity contribution in [3.8, 4) is 0 Å². The van der Waals surface area contributed by atoms with Crippen LogP contribution >= 0.6 is 0 Å². The largest absolute Gasteiger partial charge is 0.468 e. The van der Waals surface area contributed by atoms with E-state index in [9.17, 15) is 4.79 Å². The summed E-state index contributed by atoms with van der Waals surface area (Å²) < 4.78 is 10.3. The molecule has 0 aromatic rings. The van der Waals surface area contributed by atoms with E-state index >= 15 is 0 Å². The molecule has 72 valence electrons. The summed E-state index contributed by atoms with van der Waals surface area (Å²) in [5.41, 5.74) is -0.523. The van der Waals surface area contributed by atoms with E-state index in [1.807, 2.05) is 0 Å². The molecule has 3 atom stereocenters. The molecule has 13 heavy (non-hydrogen) atoms. The highest BCUT2D eigenvalue weighted by Gasteiger charge is 2.70. The third-order valence-electron chi connectivity index (χ3n) is 3.17. The highest BCUT2D eigenvalue weighted by Crippen LogP contribution is 2.60. The van der Waals surface area contributed by atoms with Crippen LogP contribution in [-0.2, 0) is 14.3 Å². The summed E-state index contributed by atoms with van der Waals surface area (Å²) >= 11 is 0. The van der Waals surface area contributed by atoms with Gasteiger partial charge in [-0.15, -0.1) is 6.58 Å². The molecule has 1 saturated carbocycles. The van der Waals surface area contributed by atoms with E-state index in [0.717, 1.165) is 19.4 Å². The number of carbonyl (C=O) groups excluding carboxylic acids is 1. The molecule has 1 saturated heterocycles. The number of carbonyl (C=O) groups is 1. The average molecular weight is 182 g/mol. The monoisotopic (exact) mass is 182 g/mol. The first-order valence-corrected chi connectivity index (χ1v) is 4.61. The Hall–Kier alpha value is -0.830. The second-order valence-electron chi connectivity index (χ2n) is 3.67. The van der Waals surface area contributed by atoms with Crippen molar-refractivity contribution in [2.45, 2.75) is 18.9 Å². The minimum atomic E-state index is -0.523. The Kier molecular flexibility index (Phi) is 1.91. The fourth-order valence-electron chi connectivity index (χ4n) is 2.40. The number of hydrogen-bond donors (Lipinski definition) is 0. The smallest absolute Gasteiger partial charge is 0.318 e. The molecule has 3 heteroatoms. The number of esters is 1.